The van der Waals surface area contributed by atoms with Gasteiger partial charge in [-0.1, -0.05) is 39.8 Å². The van der Waals surface area contributed by atoms with E-state index in [9.17, 15) is 20.1 Å². The van der Waals surface area contributed by atoms with Gasteiger partial charge in [0.2, 0.25) is 0 Å². The Morgan fingerprint density at radius 3 is 2.48 bits per heavy atom. The standard InChI is InChI=1S/C21H30O4/c1-10-6-14-15-11(2)18(24)20(5)16(19(20,3)4)13(15)7-12(9-22)8-21(14,25)17(10)23/h6-7,11,13-16,18,22,24-25H,8-9H2,1-5H3/t11-,13+,14?,15?,16?,18+,20-,21+/m0/s1. The zero-order valence-corrected chi connectivity index (χ0v) is 15.8. The molecule has 0 spiro atoms. The van der Waals surface area contributed by atoms with Crippen LogP contribution in [-0.2, 0) is 4.79 Å². The second kappa shape index (κ2) is 4.85. The van der Waals surface area contributed by atoms with Crippen molar-refractivity contribution in [2.75, 3.05) is 6.61 Å². The first-order chi connectivity index (χ1) is 11.5. The van der Waals surface area contributed by atoms with Gasteiger partial charge in [0.15, 0.2) is 5.78 Å². The van der Waals surface area contributed by atoms with Crippen LogP contribution in [0.1, 0.15) is 41.0 Å². The molecule has 0 saturated heterocycles. The minimum absolute atomic E-state index is 0.000979. The van der Waals surface area contributed by atoms with Gasteiger partial charge in [-0.2, -0.15) is 0 Å². The van der Waals surface area contributed by atoms with Gasteiger partial charge in [0.25, 0.3) is 0 Å². The number of carbonyl (C=O) groups is 1. The Kier molecular flexibility index (Phi) is 3.38. The van der Waals surface area contributed by atoms with Crippen LogP contribution >= 0.6 is 0 Å². The van der Waals surface area contributed by atoms with E-state index >= 15 is 0 Å². The van der Waals surface area contributed by atoms with Crippen LogP contribution in [0.2, 0.25) is 0 Å². The number of allylic oxidation sites excluding steroid dienone is 1. The molecule has 2 fully saturated rings. The Bertz CT molecular complexity index is 705. The molecule has 138 valence electrons. The van der Waals surface area contributed by atoms with Crippen LogP contribution in [0.25, 0.3) is 0 Å². The topological polar surface area (TPSA) is 77.8 Å². The van der Waals surface area contributed by atoms with Crippen LogP contribution in [0, 0.1) is 40.4 Å². The molecule has 4 aliphatic rings. The molecular weight excluding hydrogens is 316 g/mol. The molecule has 0 heterocycles. The van der Waals surface area contributed by atoms with E-state index in [0.29, 0.717) is 11.5 Å². The van der Waals surface area contributed by atoms with Gasteiger partial charge < -0.3 is 15.3 Å². The van der Waals surface area contributed by atoms with E-state index in [2.05, 4.69) is 33.8 Å². The second-order valence-corrected chi connectivity index (χ2v) is 9.73. The fraction of sp³-hybridized carbons (Fsp3) is 0.762. The van der Waals surface area contributed by atoms with Crippen molar-refractivity contribution in [3.05, 3.63) is 23.3 Å². The summed E-state index contributed by atoms with van der Waals surface area (Å²) in [5, 5.41) is 32.3. The quantitative estimate of drug-likeness (QED) is 0.635. The number of carbonyl (C=O) groups excluding carboxylic acids is 1. The Morgan fingerprint density at radius 2 is 1.88 bits per heavy atom. The number of rotatable bonds is 1. The minimum atomic E-state index is -1.47. The summed E-state index contributed by atoms with van der Waals surface area (Å²) in [6.45, 7) is 10.3. The molecule has 0 amide bonds. The summed E-state index contributed by atoms with van der Waals surface area (Å²) in [6, 6.07) is 0. The lowest BCUT2D eigenvalue weighted by molar-refractivity contribution is -0.141. The molecule has 25 heavy (non-hydrogen) atoms. The monoisotopic (exact) mass is 346 g/mol. The SMILES string of the molecule is CC1=CC2C3[C@@H](C=C(CO)C[C@]2(O)C1=O)C1C(C)(C)[C@]1(C)[C@H](O)[C@H]3C. The summed E-state index contributed by atoms with van der Waals surface area (Å²) < 4.78 is 0. The lowest BCUT2D eigenvalue weighted by Crippen LogP contribution is -2.51. The molecule has 4 aliphatic carbocycles. The third-order valence-corrected chi connectivity index (χ3v) is 8.55. The Labute approximate surface area is 149 Å². The number of aliphatic hydroxyl groups excluding tert-OH is 2. The van der Waals surface area contributed by atoms with Crippen molar-refractivity contribution in [3.8, 4) is 0 Å². The zero-order valence-electron chi connectivity index (χ0n) is 15.8. The largest absolute Gasteiger partial charge is 0.392 e. The Morgan fingerprint density at radius 1 is 1.24 bits per heavy atom. The van der Waals surface area contributed by atoms with Crippen molar-refractivity contribution < 1.29 is 20.1 Å². The average molecular weight is 346 g/mol. The first kappa shape index (κ1) is 17.4. The zero-order chi connectivity index (χ0) is 18.5. The van der Waals surface area contributed by atoms with Crippen LogP contribution in [0.15, 0.2) is 23.3 Å². The smallest absolute Gasteiger partial charge is 0.190 e. The highest BCUT2D eigenvalue weighted by Gasteiger charge is 2.78. The van der Waals surface area contributed by atoms with Crippen molar-refractivity contribution in [2.45, 2.75) is 52.7 Å². The lowest BCUT2D eigenvalue weighted by atomic mass is 9.61. The number of hydrogen-bond donors (Lipinski definition) is 3. The number of hydrogen-bond acceptors (Lipinski definition) is 4. The third-order valence-electron chi connectivity index (χ3n) is 8.55. The van der Waals surface area contributed by atoms with Gasteiger partial charge in [0.05, 0.1) is 12.7 Å². The van der Waals surface area contributed by atoms with Crippen LogP contribution in [0.3, 0.4) is 0 Å². The maximum Gasteiger partial charge on any atom is 0.190 e. The molecule has 0 bridgehead atoms. The molecule has 3 N–H and O–H groups in total. The summed E-state index contributed by atoms with van der Waals surface area (Å²) in [6.07, 6.45) is 3.79. The predicted octanol–water partition coefficient (Wildman–Crippen LogP) is 2.09. The highest BCUT2D eigenvalue weighted by molar-refractivity contribution is 6.04. The molecule has 0 radical (unpaired) electrons. The van der Waals surface area contributed by atoms with Crippen molar-refractivity contribution in [3.63, 3.8) is 0 Å². The highest BCUT2D eigenvalue weighted by atomic mass is 16.3. The summed E-state index contributed by atoms with van der Waals surface area (Å²) >= 11 is 0. The van der Waals surface area contributed by atoms with Crippen molar-refractivity contribution in [2.24, 2.45) is 40.4 Å². The van der Waals surface area contributed by atoms with Gasteiger partial charge in [-0.15, -0.1) is 0 Å². The number of Topliss-reactive ketones (excluding diaryl/α,β-unsaturated/α-hetero) is 1. The van der Waals surface area contributed by atoms with Gasteiger partial charge >= 0.3 is 0 Å². The molecule has 8 atom stereocenters. The molecule has 4 nitrogen and oxygen atoms in total. The molecule has 0 aromatic heterocycles. The number of aliphatic hydroxyl groups is 3. The maximum absolute atomic E-state index is 12.7. The molecular formula is C21H30O4. The van der Waals surface area contributed by atoms with Crippen LogP contribution in [0.5, 0.6) is 0 Å². The Balaban J connectivity index is 1.88. The fourth-order valence-electron chi connectivity index (χ4n) is 7.00. The van der Waals surface area contributed by atoms with E-state index in [1.807, 2.05) is 6.08 Å². The molecule has 2 saturated carbocycles. The van der Waals surface area contributed by atoms with Gasteiger partial charge in [-0.25, -0.2) is 0 Å². The van der Waals surface area contributed by atoms with Crippen LogP contribution in [0.4, 0.5) is 0 Å². The third kappa shape index (κ3) is 1.81. The van der Waals surface area contributed by atoms with E-state index in [-0.39, 0.29) is 53.3 Å². The van der Waals surface area contributed by atoms with Gasteiger partial charge in [0, 0.05) is 17.8 Å². The van der Waals surface area contributed by atoms with Gasteiger partial charge in [-0.05, 0) is 47.2 Å². The summed E-state index contributed by atoms with van der Waals surface area (Å²) in [5.74, 6) is -0.0726. The van der Waals surface area contributed by atoms with Crippen LogP contribution in [-0.4, -0.2) is 39.4 Å². The van der Waals surface area contributed by atoms with Crippen molar-refractivity contribution in [1.29, 1.82) is 0 Å². The molecule has 0 aliphatic heterocycles. The van der Waals surface area contributed by atoms with Crippen LogP contribution < -0.4 is 0 Å². The van der Waals surface area contributed by atoms with E-state index in [4.69, 9.17) is 0 Å². The van der Waals surface area contributed by atoms with Crippen molar-refractivity contribution in [1.82, 2.24) is 0 Å². The molecule has 4 heteroatoms. The van der Waals surface area contributed by atoms with Gasteiger partial charge in [-0.3, -0.25) is 4.79 Å². The average Bonchev–Trinajstić information content (AvgIpc) is 2.97. The molecule has 0 aromatic carbocycles. The number of fused-ring (bicyclic) bond motifs is 5. The maximum atomic E-state index is 12.7. The lowest BCUT2D eigenvalue weighted by Gasteiger charge is -2.45. The summed E-state index contributed by atoms with van der Waals surface area (Å²) in [5.41, 5.74) is -0.269. The fourth-order valence-corrected chi connectivity index (χ4v) is 7.00. The molecule has 0 aromatic rings. The second-order valence-electron chi connectivity index (χ2n) is 9.73. The summed E-state index contributed by atoms with van der Waals surface area (Å²) in [7, 11) is 0. The molecule has 4 rings (SSSR count). The minimum Gasteiger partial charge on any atom is -0.392 e. The van der Waals surface area contributed by atoms with E-state index < -0.39 is 11.7 Å². The number of ketones is 1. The van der Waals surface area contributed by atoms with Gasteiger partial charge in [0.1, 0.15) is 5.60 Å². The van der Waals surface area contributed by atoms with E-state index in [1.54, 1.807) is 6.92 Å². The normalized spacial score (nSPS) is 53.2. The van der Waals surface area contributed by atoms with E-state index in [1.165, 1.54) is 0 Å². The molecule has 3 unspecified atom stereocenters. The Hall–Kier alpha value is -0.970. The first-order valence-corrected chi connectivity index (χ1v) is 9.46. The first-order valence-electron chi connectivity index (χ1n) is 9.46. The van der Waals surface area contributed by atoms with E-state index in [0.717, 1.165) is 5.57 Å². The highest BCUT2D eigenvalue weighted by Crippen LogP contribution is 2.79. The summed E-state index contributed by atoms with van der Waals surface area (Å²) in [4.78, 5) is 12.7. The predicted molar refractivity (Wildman–Crippen MR) is 94.5 cm³/mol. The van der Waals surface area contributed by atoms with Crippen molar-refractivity contribution >= 4 is 5.78 Å².